The lowest BCUT2D eigenvalue weighted by molar-refractivity contribution is -0.384. The Balaban J connectivity index is 2.10. The number of hydrogen-bond acceptors (Lipinski definition) is 6. The Morgan fingerprint density at radius 2 is 1.93 bits per heavy atom. The summed E-state index contributed by atoms with van der Waals surface area (Å²) in [6, 6.07) is 8.51. The summed E-state index contributed by atoms with van der Waals surface area (Å²) in [5.41, 5.74) is 0.406. The number of rotatable bonds is 6. The Bertz CT molecular complexity index is 902. The Morgan fingerprint density at radius 1 is 1.22 bits per heavy atom. The largest absolute Gasteiger partial charge is 0.452 e. The minimum atomic E-state index is -0.866. The Kier molecular flexibility index (Phi) is 6.59. The van der Waals surface area contributed by atoms with E-state index in [1.54, 1.807) is 37.2 Å². The topological polar surface area (TPSA) is 102 Å². The van der Waals surface area contributed by atoms with Gasteiger partial charge in [0.25, 0.3) is 11.6 Å². The minimum Gasteiger partial charge on any atom is -0.452 e. The predicted octanol–water partition coefficient (Wildman–Crippen LogP) is 3.76. The van der Waals surface area contributed by atoms with Crippen LogP contribution in [-0.4, -0.2) is 37.5 Å². The predicted molar refractivity (Wildman–Crippen MR) is 103 cm³/mol. The number of anilines is 2. The highest BCUT2D eigenvalue weighted by Gasteiger charge is 2.20. The molecule has 0 bridgehead atoms. The van der Waals surface area contributed by atoms with E-state index in [9.17, 15) is 19.7 Å². The molecule has 2 aromatic carbocycles. The first kappa shape index (κ1) is 20.5. The first-order valence-electron chi connectivity index (χ1n) is 7.57. The summed E-state index contributed by atoms with van der Waals surface area (Å²) >= 11 is 11.8. The van der Waals surface area contributed by atoms with Crippen LogP contribution in [0.2, 0.25) is 10.0 Å². The fraction of sp³-hybridized carbons (Fsp3) is 0.176. The molecule has 2 rings (SSSR count). The normalized spacial score (nSPS) is 10.2. The van der Waals surface area contributed by atoms with E-state index in [-0.39, 0.29) is 27.0 Å². The lowest BCUT2D eigenvalue weighted by atomic mass is 10.1. The molecule has 10 heteroatoms. The molecule has 0 unspecified atom stereocenters. The number of benzene rings is 2. The van der Waals surface area contributed by atoms with Gasteiger partial charge in [-0.15, -0.1) is 0 Å². The number of nitrogens with one attached hydrogen (secondary N) is 1. The van der Waals surface area contributed by atoms with E-state index in [4.69, 9.17) is 27.9 Å². The molecule has 0 fully saturated rings. The second-order valence-electron chi connectivity index (χ2n) is 5.58. The Hall–Kier alpha value is -2.84. The maximum Gasteiger partial charge on any atom is 0.341 e. The van der Waals surface area contributed by atoms with Gasteiger partial charge in [-0.25, -0.2) is 4.79 Å². The van der Waals surface area contributed by atoms with Crippen LogP contribution in [0.1, 0.15) is 10.4 Å². The van der Waals surface area contributed by atoms with Crippen LogP contribution in [-0.2, 0) is 9.53 Å². The summed E-state index contributed by atoms with van der Waals surface area (Å²) in [5.74, 6) is -1.50. The average molecular weight is 412 g/mol. The van der Waals surface area contributed by atoms with Gasteiger partial charge in [0.05, 0.1) is 31.9 Å². The summed E-state index contributed by atoms with van der Waals surface area (Å²) in [6.45, 7) is -0.600. The van der Waals surface area contributed by atoms with Crippen LogP contribution in [0.5, 0.6) is 0 Å². The molecule has 0 aliphatic rings. The highest BCUT2D eigenvalue weighted by Crippen LogP contribution is 2.29. The summed E-state index contributed by atoms with van der Waals surface area (Å²) in [4.78, 5) is 36.2. The molecular formula is C17H15Cl2N3O5. The molecule has 1 amide bonds. The highest BCUT2D eigenvalue weighted by atomic mass is 35.5. The Labute approximate surface area is 164 Å². The summed E-state index contributed by atoms with van der Waals surface area (Å²) < 4.78 is 4.98. The molecule has 0 atom stereocenters. The quantitative estimate of drug-likeness (QED) is 0.440. The van der Waals surface area contributed by atoms with Gasteiger partial charge in [0.2, 0.25) is 0 Å². The number of esters is 1. The third kappa shape index (κ3) is 5.08. The van der Waals surface area contributed by atoms with Crippen molar-refractivity contribution in [3.05, 3.63) is 62.1 Å². The fourth-order valence-corrected chi connectivity index (χ4v) is 2.53. The molecular weight excluding hydrogens is 397 g/mol. The number of halogens is 2. The average Bonchev–Trinajstić information content (AvgIpc) is 2.62. The van der Waals surface area contributed by atoms with Crippen molar-refractivity contribution in [3.63, 3.8) is 0 Å². The zero-order valence-electron chi connectivity index (χ0n) is 14.4. The SMILES string of the molecule is CN(C)c1ccc([N+](=O)[O-])cc1C(=O)OCC(=O)Nc1cccc(Cl)c1Cl. The number of amides is 1. The van der Waals surface area contributed by atoms with E-state index >= 15 is 0 Å². The summed E-state index contributed by atoms with van der Waals surface area (Å²) in [7, 11) is 3.34. The number of non-ortho nitro benzene ring substituents is 1. The lowest BCUT2D eigenvalue weighted by Crippen LogP contribution is -2.22. The zero-order chi connectivity index (χ0) is 20.1. The van der Waals surface area contributed by atoms with Crippen molar-refractivity contribution < 1.29 is 19.2 Å². The molecule has 0 saturated carbocycles. The summed E-state index contributed by atoms with van der Waals surface area (Å²) in [5, 5.41) is 13.8. The van der Waals surface area contributed by atoms with Crippen LogP contribution >= 0.6 is 23.2 Å². The number of carbonyl (C=O) groups excluding carboxylic acids is 2. The highest BCUT2D eigenvalue weighted by molar-refractivity contribution is 6.44. The van der Waals surface area contributed by atoms with Gasteiger partial charge in [0, 0.05) is 26.2 Å². The number of hydrogen-bond donors (Lipinski definition) is 1. The monoisotopic (exact) mass is 411 g/mol. The van der Waals surface area contributed by atoms with Gasteiger partial charge in [0.15, 0.2) is 6.61 Å². The smallest absolute Gasteiger partial charge is 0.341 e. The van der Waals surface area contributed by atoms with Crippen molar-refractivity contribution in [2.24, 2.45) is 0 Å². The van der Waals surface area contributed by atoms with E-state index in [1.807, 2.05) is 0 Å². The molecule has 0 aromatic heterocycles. The maximum absolute atomic E-state index is 12.3. The van der Waals surface area contributed by atoms with Crippen molar-refractivity contribution in [2.75, 3.05) is 30.9 Å². The standard InChI is InChI=1S/C17H15Cl2N3O5/c1-21(2)14-7-6-10(22(25)26)8-11(14)17(24)27-9-15(23)20-13-5-3-4-12(18)16(13)19/h3-8H,9H2,1-2H3,(H,20,23). The van der Waals surface area contributed by atoms with Gasteiger partial charge >= 0.3 is 5.97 Å². The van der Waals surface area contributed by atoms with Gasteiger partial charge < -0.3 is 15.0 Å². The third-order valence-electron chi connectivity index (χ3n) is 3.45. The number of nitro groups is 1. The molecule has 27 heavy (non-hydrogen) atoms. The minimum absolute atomic E-state index is 0.0252. The van der Waals surface area contributed by atoms with Crippen molar-refractivity contribution >= 4 is 52.1 Å². The first-order chi connectivity index (χ1) is 12.7. The molecule has 0 aliphatic carbocycles. The van der Waals surface area contributed by atoms with E-state index in [0.717, 1.165) is 6.07 Å². The molecule has 142 valence electrons. The first-order valence-corrected chi connectivity index (χ1v) is 8.33. The maximum atomic E-state index is 12.3. The lowest BCUT2D eigenvalue weighted by Gasteiger charge is -2.16. The van der Waals surface area contributed by atoms with Gasteiger partial charge in [0.1, 0.15) is 0 Å². The molecule has 0 spiro atoms. The van der Waals surface area contributed by atoms with E-state index in [1.165, 1.54) is 12.1 Å². The van der Waals surface area contributed by atoms with Crippen LogP contribution in [0, 0.1) is 10.1 Å². The van der Waals surface area contributed by atoms with Gasteiger partial charge in [-0.3, -0.25) is 14.9 Å². The molecule has 0 heterocycles. The number of nitro benzene ring substituents is 1. The number of nitrogens with zero attached hydrogens (tertiary/aromatic N) is 2. The van der Waals surface area contributed by atoms with Gasteiger partial charge in [-0.1, -0.05) is 29.3 Å². The van der Waals surface area contributed by atoms with Crippen molar-refractivity contribution in [3.8, 4) is 0 Å². The van der Waals surface area contributed by atoms with Gasteiger partial charge in [-0.2, -0.15) is 0 Å². The molecule has 0 aliphatic heterocycles. The van der Waals surface area contributed by atoms with Crippen molar-refractivity contribution in [2.45, 2.75) is 0 Å². The molecule has 2 aromatic rings. The third-order valence-corrected chi connectivity index (χ3v) is 4.27. The fourth-order valence-electron chi connectivity index (χ4n) is 2.19. The van der Waals surface area contributed by atoms with Crippen LogP contribution in [0.15, 0.2) is 36.4 Å². The second kappa shape index (κ2) is 8.70. The second-order valence-corrected chi connectivity index (χ2v) is 6.36. The van der Waals surface area contributed by atoms with E-state index < -0.39 is 23.4 Å². The molecule has 0 radical (unpaired) electrons. The zero-order valence-corrected chi connectivity index (χ0v) is 15.9. The summed E-state index contributed by atoms with van der Waals surface area (Å²) in [6.07, 6.45) is 0. The van der Waals surface area contributed by atoms with Crippen LogP contribution in [0.4, 0.5) is 17.1 Å². The van der Waals surface area contributed by atoms with Crippen LogP contribution in [0.3, 0.4) is 0 Å². The Morgan fingerprint density at radius 3 is 2.56 bits per heavy atom. The molecule has 0 saturated heterocycles. The van der Waals surface area contributed by atoms with Crippen molar-refractivity contribution in [1.29, 1.82) is 0 Å². The van der Waals surface area contributed by atoms with E-state index in [0.29, 0.717) is 5.69 Å². The number of carbonyl (C=O) groups is 2. The van der Waals surface area contributed by atoms with Gasteiger partial charge in [-0.05, 0) is 18.2 Å². The molecule has 1 N–H and O–H groups in total. The van der Waals surface area contributed by atoms with Crippen LogP contribution in [0.25, 0.3) is 0 Å². The van der Waals surface area contributed by atoms with E-state index in [2.05, 4.69) is 5.32 Å². The van der Waals surface area contributed by atoms with Crippen LogP contribution < -0.4 is 10.2 Å². The number of ether oxygens (including phenoxy) is 1. The molecule has 8 nitrogen and oxygen atoms in total. The van der Waals surface area contributed by atoms with Crippen molar-refractivity contribution in [1.82, 2.24) is 0 Å².